The van der Waals surface area contributed by atoms with Crippen molar-refractivity contribution >= 4 is 11.4 Å². The Bertz CT molecular complexity index is 502. The fraction of sp³-hybridized carbons (Fsp3) is 0.625. The Morgan fingerprint density at radius 2 is 2.24 bits per heavy atom. The number of nitrogens with zero attached hydrogens (tertiary/aromatic N) is 2. The van der Waals surface area contributed by atoms with Crippen molar-refractivity contribution in [2.75, 3.05) is 18.1 Å². The van der Waals surface area contributed by atoms with E-state index in [4.69, 9.17) is 4.74 Å². The highest BCUT2D eigenvalue weighted by Crippen LogP contribution is 2.33. The fourth-order valence-corrected chi connectivity index (χ4v) is 2.82. The molecule has 21 heavy (non-hydrogen) atoms. The summed E-state index contributed by atoms with van der Waals surface area (Å²) in [5, 5.41) is 10.9. The second-order valence-electron chi connectivity index (χ2n) is 5.92. The van der Waals surface area contributed by atoms with Crippen LogP contribution >= 0.6 is 0 Å². The molecular formula is C16H24N2O3. The van der Waals surface area contributed by atoms with E-state index in [0.29, 0.717) is 6.04 Å². The van der Waals surface area contributed by atoms with Crippen LogP contribution in [0.15, 0.2) is 18.2 Å². The third-order valence-electron chi connectivity index (χ3n) is 3.94. The van der Waals surface area contributed by atoms with Crippen LogP contribution in [0.5, 0.6) is 0 Å². The summed E-state index contributed by atoms with van der Waals surface area (Å²) in [5.74, 6) is 0. The lowest BCUT2D eigenvalue weighted by Crippen LogP contribution is -2.38. The summed E-state index contributed by atoms with van der Waals surface area (Å²) in [6.07, 6.45) is 3.19. The summed E-state index contributed by atoms with van der Waals surface area (Å²) < 4.78 is 5.59. The van der Waals surface area contributed by atoms with Crippen LogP contribution < -0.4 is 4.90 Å². The van der Waals surface area contributed by atoms with Crippen LogP contribution in [0.4, 0.5) is 11.4 Å². The molecule has 1 aliphatic heterocycles. The highest BCUT2D eigenvalue weighted by molar-refractivity contribution is 5.60. The smallest absolute Gasteiger partial charge is 0.269 e. The topological polar surface area (TPSA) is 55.6 Å². The van der Waals surface area contributed by atoms with E-state index in [2.05, 4.69) is 11.8 Å². The van der Waals surface area contributed by atoms with E-state index in [1.165, 1.54) is 0 Å². The Kier molecular flexibility index (Phi) is 5.17. The maximum atomic E-state index is 10.9. The molecule has 1 atom stereocenters. The van der Waals surface area contributed by atoms with Crippen molar-refractivity contribution in [3.05, 3.63) is 33.9 Å². The molecule has 0 bridgehead atoms. The maximum absolute atomic E-state index is 10.9. The number of aryl methyl sites for hydroxylation is 1. The van der Waals surface area contributed by atoms with Crippen molar-refractivity contribution in [1.82, 2.24) is 0 Å². The molecular weight excluding hydrogens is 268 g/mol. The van der Waals surface area contributed by atoms with Crippen LogP contribution in [0.1, 0.15) is 39.2 Å². The summed E-state index contributed by atoms with van der Waals surface area (Å²) in [6, 6.07) is 5.69. The van der Waals surface area contributed by atoms with E-state index in [1.54, 1.807) is 12.1 Å². The number of nitro benzene ring substituents is 1. The summed E-state index contributed by atoms with van der Waals surface area (Å²) in [7, 11) is 0. The Labute approximate surface area is 126 Å². The number of hydrogen-bond donors (Lipinski definition) is 0. The van der Waals surface area contributed by atoms with Gasteiger partial charge < -0.3 is 9.64 Å². The first-order valence-corrected chi connectivity index (χ1v) is 7.64. The van der Waals surface area contributed by atoms with Crippen molar-refractivity contribution in [3.63, 3.8) is 0 Å². The number of non-ortho nitro benzene ring substituents is 1. The van der Waals surface area contributed by atoms with Gasteiger partial charge in [-0.3, -0.25) is 10.1 Å². The van der Waals surface area contributed by atoms with Crippen molar-refractivity contribution < 1.29 is 9.66 Å². The predicted octanol–water partition coefficient (Wildman–Crippen LogP) is 3.55. The number of fused-ring (bicyclic) bond motifs is 1. The van der Waals surface area contributed by atoms with Crippen LogP contribution in [0.3, 0.4) is 0 Å². The van der Waals surface area contributed by atoms with Crippen molar-refractivity contribution in [2.45, 2.75) is 52.2 Å². The zero-order valence-corrected chi connectivity index (χ0v) is 13.0. The van der Waals surface area contributed by atoms with Crippen LogP contribution in [-0.2, 0) is 11.2 Å². The first kappa shape index (κ1) is 15.8. The summed E-state index contributed by atoms with van der Waals surface area (Å²) in [6.45, 7) is 7.98. The van der Waals surface area contributed by atoms with Gasteiger partial charge in [0.25, 0.3) is 5.69 Å². The van der Waals surface area contributed by atoms with Gasteiger partial charge in [-0.2, -0.15) is 0 Å². The molecule has 1 aromatic carbocycles. The molecule has 1 aliphatic rings. The fourth-order valence-electron chi connectivity index (χ4n) is 2.82. The van der Waals surface area contributed by atoms with Gasteiger partial charge in [0, 0.05) is 37.0 Å². The lowest BCUT2D eigenvalue weighted by atomic mass is 9.96. The molecule has 0 spiro atoms. The molecule has 0 unspecified atom stereocenters. The van der Waals surface area contributed by atoms with Crippen molar-refractivity contribution in [3.8, 4) is 0 Å². The molecule has 0 N–H and O–H groups in total. The van der Waals surface area contributed by atoms with Crippen LogP contribution in [0, 0.1) is 10.1 Å². The molecule has 1 heterocycles. The molecule has 116 valence electrons. The van der Waals surface area contributed by atoms with Gasteiger partial charge in [0.1, 0.15) is 0 Å². The molecule has 5 heteroatoms. The van der Waals surface area contributed by atoms with Gasteiger partial charge in [0.15, 0.2) is 0 Å². The molecule has 0 amide bonds. The number of benzene rings is 1. The van der Waals surface area contributed by atoms with Gasteiger partial charge >= 0.3 is 0 Å². The van der Waals surface area contributed by atoms with Gasteiger partial charge in [-0.25, -0.2) is 0 Å². The Morgan fingerprint density at radius 1 is 1.48 bits per heavy atom. The maximum Gasteiger partial charge on any atom is 0.269 e. The van der Waals surface area contributed by atoms with E-state index in [0.717, 1.165) is 43.7 Å². The minimum Gasteiger partial charge on any atom is -0.379 e. The zero-order valence-electron chi connectivity index (χ0n) is 13.0. The number of ether oxygens (including phenoxy) is 1. The minimum absolute atomic E-state index is 0.186. The van der Waals surface area contributed by atoms with Crippen LogP contribution in [0.25, 0.3) is 0 Å². The molecule has 1 aromatic rings. The van der Waals surface area contributed by atoms with E-state index in [-0.39, 0.29) is 16.7 Å². The monoisotopic (exact) mass is 292 g/mol. The number of anilines is 1. The largest absolute Gasteiger partial charge is 0.379 e. The van der Waals surface area contributed by atoms with Crippen molar-refractivity contribution in [1.29, 1.82) is 0 Å². The van der Waals surface area contributed by atoms with Gasteiger partial charge in [0.2, 0.25) is 0 Å². The molecule has 0 saturated heterocycles. The second kappa shape index (κ2) is 6.89. The molecule has 0 fully saturated rings. The SMILES string of the molecule is CC(C)OCCCN1c2ccc([N+](=O)[O-])cc2CC[C@H]1C. The second-order valence-corrected chi connectivity index (χ2v) is 5.92. The average Bonchev–Trinajstić information content (AvgIpc) is 2.44. The molecule has 0 saturated carbocycles. The zero-order chi connectivity index (χ0) is 15.4. The number of nitro groups is 1. The molecule has 5 nitrogen and oxygen atoms in total. The van der Waals surface area contributed by atoms with Crippen LogP contribution in [-0.4, -0.2) is 30.2 Å². The Morgan fingerprint density at radius 3 is 2.90 bits per heavy atom. The first-order chi connectivity index (χ1) is 9.99. The van der Waals surface area contributed by atoms with Gasteiger partial charge in [-0.05, 0) is 51.7 Å². The highest BCUT2D eigenvalue weighted by atomic mass is 16.6. The average molecular weight is 292 g/mol. The Hall–Kier alpha value is -1.62. The van der Waals surface area contributed by atoms with Gasteiger partial charge in [-0.15, -0.1) is 0 Å². The third kappa shape index (κ3) is 3.94. The Balaban J connectivity index is 2.07. The van der Waals surface area contributed by atoms with E-state index in [9.17, 15) is 10.1 Å². The summed E-state index contributed by atoms with van der Waals surface area (Å²) >= 11 is 0. The van der Waals surface area contributed by atoms with Gasteiger partial charge in [0.05, 0.1) is 11.0 Å². The van der Waals surface area contributed by atoms with E-state index in [1.807, 2.05) is 19.9 Å². The molecule has 2 rings (SSSR count). The van der Waals surface area contributed by atoms with Crippen LogP contribution in [0.2, 0.25) is 0 Å². The van der Waals surface area contributed by atoms with E-state index >= 15 is 0 Å². The quantitative estimate of drug-likeness (QED) is 0.457. The predicted molar refractivity (Wildman–Crippen MR) is 83.9 cm³/mol. The lowest BCUT2D eigenvalue weighted by Gasteiger charge is -2.37. The highest BCUT2D eigenvalue weighted by Gasteiger charge is 2.24. The molecule has 0 aromatic heterocycles. The van der Waals surface area contributed by atoms with Gasteiger partial charge in [-0.1, -0.05) is 0 Å². The summed E-state index contributed by atoms with van der Waals surface area (Å²) in [5.41, 5.74) is 2.42. The molecule has 0 radical (unpaired) electrons. The first-order valence-electron chi connectivity index (χ1n) is 7.64. The summed E-state index contributed by atoms with van der Waals surface area (Å²) in [4.78, 5) is 12.9. The van der Waals surface area contributed by atoms with E-state index < -0.39 is 0 Å². The molecule has 0 aliphatic carbocycles. The normalized spacial score (nSPS) is 17.9. The third-order valence-corrected chi connectivity index (χ3v) is 3.94. The number of rotatable bonds is 6. The number of hydrogen-bond acceptors (Lipinski definition) is 4. The standard InChI is InChI=1S/C16H24N2O3/c1-12(2)21-10-4-9-17-13(3)5-6-14-11-15(18(19)20)7-8-16(14)17/h7-8,11-13H,4-6,9-10H2,1-3H3/t13-/m1/s1. The minimum atomic E-state index is -0.320. The lowest BCUT2D eigenvalue weighted by molar-refractivity contribution is -0.384. The van der Waals surface area contributed by atoms with Crippen molar-refractivity contribution in [2.24, 2.45) is 0 Å².